The highest BCUT2D eigenvalue weighted by atomic mass is 35.5. The minimum absolute atomic E-state index is 0.0400. The number of aromatic nitrogens is 1. The molecule has 0 spiro atoms. The van der Waals surface area contributed by atoms with Crippen LogP contribution in [0.1, 0.15) is 43.7 Å². The van der Waals surface area contributed by atoms with Crippen LogP contribution < -0.4 is 10.1 Å². The van der Waals surface area contributed by atoms with Crippen molar-refractivity contribution in [1.29, 1.82) is 0 Å². The van der Waals surface area contributed by atoms with Crippen molar-refractivity contribution in [3.05, 3.63) is 52.7 Å². The second kappa shape index (κ2) is 7.83. The highest BCUT2D eigenvalue weighted by Gasteiger charge is 2.52. The maximum Gasteiger partial charge on any atom is 0.387 e. The summed E-state index contributed by atoms with van der Waals surface area (Å²) in [6.45, 7) is 0.900. The highest BCUT2D eigenvalue weighted by Crippen LogP contribution is 2.45. The molecule has 148 valence electrons. The first-order valence-corrected chi connectivity index (χ1v) is 9.13. The van der Waals surface area contributed by atoms with Crippen LogP contribution in [0.3, 0.4) is 0 Å². The lowest BCUT2D eigenvalue weighted by atomic mass is 9.61. The maximum absolute atomic E-state index is 13.2. The molecule has 1 saturated carbocycles. The number of carbonyl (C=O) groups is 2. The molecule has 3 rings (SSSR count). The zero-order valence-electron chi connectivity index (χ0n) is 15.3. The van der Waals surface area contributed by atoms with Gasteiger partial charge in [0.2, 0.25) is 5.91 Å². The molecule has 1 aromatic heterocycles. The molecule has 0 saturated heterocycles. The van der Waals surface area contributed by atoms with Gasteiger partial charge in [0, 0.05) is 25.1 Å². The third kappa shape index (κ3) is 3.85. The van der Waals surface area contributed by atoms with Crippen LogP contribution >= 0.6 is 11.6 Å². The Kier molecular flexibility index (Phi) is 5.65. The second-order valence-corrected chi connectivity index (χ2v) is 7.49. The molecular formula is C20H19ClF2N2O3. The molecule has 0 bridgehead atoms. The summed E-state index contributed by atoms with van der Waals surface area (Å²) in [4.78, 5) is 28.9. The van der Waals surface area contributed by atoms with Gasteiger partial charge in [-0.05, 0) is 17.0 Å². The van der Waals surface area contributed by atoms with Crippen LogP contribution in [-0.2, 0) is 15.0 Å². The smallest absolute Gasteiger partial charge is 0.387 e. The molecule has 1 fully saturated rings. The average Bonchev–Trinajstić information content (AvgIpc) is 2.60. The van der Waals surface area contributed by atoms with Gasteiger partial charge in [0.05, 0.1) is 10.4 Å². The van der Waals surface area contributed by atoms with E-state index in [1.165, 1.54) is 6.20 Å². The van der Waals surface area contributed by atoms with Crippen LogP contribution in [0.5, 0.6) is 5.75 Å². The number of anilines is 1. The molecule has 1 aromatic carbocycles. The molecular weight excluding hydrogens is 390 g/mol. The molecule has 1 aliphatic rings. The number of alkyl halides is 2. The quantitative estimate of drug-likeness (QED) is 0.752. The number of amides is 1. The zero-order valence-corrected chi connectivity index (χ0v) is 16.1. The molecule has 0 unspecified atom stereocenters. The van der Waals surface area contributed by atoms with Gasteiger partial charge in [-0.2, -0.15) is 8.78 Å². The summed E-state index contributed by atoms with van der Waals surface area (Å²) in [5.74, 6) is -0.900. The van der Waals surface area contributed by atoms with Crippen molar-refractivity contribution < 1.29 is 23.1 Å². The van der Waals surface area contributed by atoms with Crippen molar-refractivity contribution in [3.63, 3.8) is 0 Å². The maximum atomic E-state index is 13.2. The molecule has 0 aliphatic heterocycles. The predicted molar refractivity (Wildman–Crippen MR) is 101 cm³/mol. The largest absolute Gasteiger partial charge is 0.431 e. The van der Waals surface area contributed by atoms with Crippen LogP contribution in [-0.4, -0.2) is 23.3 Å². The van der Waals surface area contributed by atoms with E-state index in [2.05, 4.69) is 15.0 Å². The lowest BCUT2D eigenvalue weighted by molar-refractivity contribution is -0.138. The summed E-state index contributed by atoms with van der Waals surface area (Å²) >= 11 is 5.79. The molecule has 1 N–H and O–H groups in total. The SMILES string of the molecule is CC(C)c1ccccc1C1(C(=O)Nc2ncc(Cl)cc2OC(F)F)CC(=O)C1. The molecule has 0 radical (unpaired) electrons. The normalized spacial score (nSPS) is 15.5. The van der Waals surface area contributed by atoms with Crippen molar-refractivity contribution >= 4 is 29.1 Å². The van der Waals surface area contributed by atoms with Crippen LogP contribution in [0.25, 0.3) is 0 Å². The van der Waals surface area contributed by atoms with Crippen LogP contribution in [0.4, 0.5) is 14.6 Å². The summed E-state index contributed by atoms with van der Waals surface area (Å²) in [7, 11) is 0. The third-order valence-corrected chi connectivity index (χ3v) is 5.00. The van der Waals surface area contributed by atoms with E-state index in [1.54, 1.807) is 0 Å². The van der Waals surface area contributed by atoms with E-state index in [4.69, 9.17) is 11.6 Å². The number of ketones is 1. The number of Topliss-reactive ketones (excluding diaryl/α,β-unsaturated/α-hetero) is 1. The van der Waals surface area contributed by atoms with E-state index in [-0.39, 0.29) is 41.1 Å². The fourth-order valence-electron chi connectivity index (χ4n) is 3.46. The topological polar surface area (TPSA) is 68.3 Å². The molecule has 8 heteroatoms. The van der Waals surface area contributed by atoms with Crippen molar-refractivity contribution in [2.24, 2.45) is 0 Å². The number of nitrogens with zero attached hydrogens (tertiary/aromatic N) is 1. The van der Waals surface area contributed by atoms with Gasteiger partial charge in [-0.1, -0.05) is 49.7 Å². The fraction of sp³-hybridized carbons (Fsp3) is 0.350. The first kappa shape index (κ1) is 20.2. The first-order chi connectivity index (χ1) is 13.2. The minimum atomic E-state index is -3.10. The van der Waals surface area contributed by atoms with Gasteiger partial charge in [-0.25, -0.2) is 4.98 Å². The fourth-order valence-corrected chi connectivity index (χ4v) is 3.61. The lowest BCUT2D eigenvalue weighted by Gasteiger charge is -2.41. The minimum Gasteiger partial charge on any atom is -0.431 e. The van der Waals surface area contributed by atoms with E-state index < -0.39 is 17.9 Å². The summed E-state index contributed by atoms with van der Waals surface area (Å²) in [5.41, 5.74) is 0.645. The Hall–Kier alpha value is -2.54. The van der Waals surface area contributed by atoms with Crippen molar-refractivity contribution in [1.82, 2.24) is 4.98 Å². The predicted octanol–water partition coefficient (Wildman–Crippen LogP) is 4.70. The number of nitrogens with one attached hydrogen (secondary N) is 1. The first-order valence-electron chi connectivity index (χ1n) is 8.76. The number of rotatable bonds is 6. The Balaban J connectivity index is 1.97. The number of benzene rings is 1. The van der Waals surface area contributed by atoms with Crippen LogP contribution in [0.2, 0.25) is 5.02 Å². The number of hydrogen-bond donors (Lipinski definition) is 1. The summed E-state index contributed by atoms with van der Waals surface area (Å²) < 4.78 is 29.8. The summed E-state index contributed by atoms with van der Waals surface area (Å²) in [5, 5.41) is 2.64. The molecule has 0 atom stereocenters. The van der Waals surface area contributed by atoms with Crippen molar-refractivity contribution in [3.8, 4) is 5.75 Å². The standard InChI is InChI=1S/C20H19ClF2N2O3/c1-11(2)14-5-3-4-6-15(14)20(8-13(26)9-20)18(27)25-17-16(28-19(22)23)7-12(21)10-24-17/h3-7,10-11,19H,8-9H2,1-2H3,(H,24,25,27). The number of pyridine rings is 1. The van der Waals surface area contributed by atoms with Gasteiger partial charge in [0.1, 0.15) is 5.78 Å². The lowest BCUT2D eigenvalue weighted by Crippen LogP contribution is -2.51. The zero-order chi connectivity index (χ0) is 20.5. The van der Waals surface area contributed by atoms with Gasteiger partial charge >= 0.3 is 6.61 Å². The Morgan fingerprint density at radius 1 is 1.29 bits per heavy atom. The summed E-state index contributed by atoms with van der Waals surface area (Å²) in [6.07, 6.45) is 1.30. The van der Waals surface area contributed by atoms with Crippen LogP contribution in [0.15, 0.2) is 36.5 Å². The van der Waals surface area contributed by atoms with Gasteiger partial charge < -0.3 is 10.1 Å². The third-order valence-electron chi connectivity index (χ3n) is 4.80. The number of halogens is 3. The number of ether oxygens (including phenoxy) is 1. The molecule has 1 heterocycles. The molecule has 1 amide bonds. The van der Waals surface area contributed by atoms with E-state index in [1.807, 2.05) is 38.1 Å². The van der Waals surface area contributed by atoms with Crippen LogP contribution in [0, 0.1) is 0 Å². The highest BCUT2D eigenvalue weighted by molar-refractivity contribution is 6.30. The Morgan fingerprint density at radius 3 is 2.57 bits per heavy atom. The Morgan fingerprint density at radius 2 is 1.96 bits per heavy atom. The van der Waals surface area contributed by atoms with Gasteiger partial charge in [-0.3, -0.25) is 9.59 Å². The molecule has 1 aliphatic carbocycles. The van der Waals surface area contributed by atoms with E-state index in [0.717, 1.165) is 17.2 Å². The van der Waals surface area contributed by atoms with Gasteiger partial charge in [0.25, 0.3) is 0 Å². The van der Waals surface area contributed by atoms with Gasteiger partial charge in [-0.15, -0.1) is 0 Å². The molecule has 5 nitrogen and oxygen atoms in total. The second-order valence-electron chi connectivity index (χ2n) is 7.05. The summed E-state index contributed by atoms with van der Waals surface area (Å²) in [6, 6.07) is 8.58. The van der Waals surface area contributed by atoms with E-state index in [0.29, 0.717) is 0 Å². The Labute approximate surface area is 166 Å². The average molecular weight is 409 g/mol. The number of hydrogen-bond acceptors (Lipinski definition) is 4. The Bertz CT molecular complexity index is 910. The van der Waals surface area contributed by atoms with E-state index >= 15 is 0 Å². The van der Waals surface area contributed by atoms with Crippen molar-refractivity contribution in [2.45, 2.75) is 44.6 Å². The van der Waals surface area contributed by atoms with Crippen molar-refractivity contribution in [2.75, 3.05) is 5.32 Å². The number of carbonyl (C=O) groups excluding carboxylic acids is 2. The molecule has 28 heavy (non-hydrogen) atoms. The monoisotopic (exact) mass is 408 g/mol. The van der Waals surface area contributed by atoms with E-state index in [9.17, 15) is 18.4 Å². The van der Waals surface area contributed by atoms with Gasteiger partial charge in [0.15, 0.2) is 11.6 Å². The molecule has 2 aromatic rings.